The average molecular weight is 405 g/mol. The van der Waals surface area contributed by atoms with Crippen molar-refractivity contribution >= 4 is 33.2 Å². The van der Waals surface area contributed by atoms with Gasteiger partial charge in [0.2, 0.25) is 0 Å². The standard InChI is InChI=1S/C22H24N6O2/c1-2-8-27-15-23-20-18(22(27)29)19-21(25-17-7-4-3-6-16(17)24-19)28(20)10-5-9-26-11-13-30-14-12-26/h2-4,6-7,15H,1,5,8-14H2/p+1. The topological polar surface area (TPSA) is 79.3 Å². The molecule has 0 atom stereocenters. The van der Waals surface area contributed by atoms with E-state index in [1.807, 2.05) is 24.3 Å². The van der Waals surface area contributed by atoms with Crippen LogP contribution in [-0.4, -0.2) is 56.9 Å². The molecule has 1 aromatic carbocycles. The van der Waals surface area contributed by atoms with E-state index in [4.69, 9.17) is 14.7 Å². The van der Waals surface area contributed by atoms with Gasteiger partial charge in [-0.25, -0.2) is 15.0 Å². The number of ether oxygens (including phenoxy) is 1. The highest BCUT2D eigenvalue weighted by molar-refractivity contribution is 6.04. The Morgan fingerprint density at radius 3 is 2.67 bits per heavy atom. The van der Waals surface area contributed by atoms with Gasteiger partial charge >= 0.3 is 0 Å². The number of para-hydroxylation sites is 2. The normalized spacial score (nSPS) is 15.3. The van der Waals surface area contributed by atoms with E-state index < -0.39 is 0 Å². The average Bonchev–Trinajstić information content (AvgIpc) is 3.08. The second-order valence-corrected chi connectivity index (χ2v) is 7.69. The van der Waals surface area contributed by atoms with Gasteiger partial charge in [0.15, 0.2) is 11.3 Å². The number of rotatable bonds is 6. The summed E-state index contributed by atoms with van der Waals surface area (Å²) < 4.78 is 9.08. The summed E-state index contributed by atoms with van der Waals surface area (Å²) in [6, 6.07) is 7.75. The van der Waals surface area contributed by atoms with Gasteiger partial charge in [0.05, 0.1) is 30.8 Å². The molecule has 30 heavy (non-hydrogen) atoms. The third-order valence-corrected chi connectivity index (χ3v) is 5.76. The first-order valence-corrected chi connectivity index (χ1v) is 10.4. The molecule has 4 aromatic rings. The van der Waals surface area contributed by atoms with Crippen molar-refractivity contribution in [1.29, 1.82) is 0 Å². The van der Waals surface area contributed by atoms with Gasteiger partial charge in [-0.2, -0.15) is 0 Å². The number of morpholine rings is 1. The van der Waals surface area contributed by atoms with Crippen LogP contribution in [0.5, 0.6) is 0 Å². The molecule has 8 heteroatoms. The van der Waals surface area contributed by atoms with E-state index in [1.54, 1.807) is 21.9 Å². The Morgan fingerprint density at radius 1 is 1.13 bits per heavy atom. The molecule has 4 heterocycles. The molecule has 3 aromatic heterocycles. The minimum Gasteiger partial charge on any atom is -0.370 e. The maximum absolute atomic E-state index is 13.2. The summed E-state index contributed by atoms with van der Waals surface area (Å²) in [4.78, 5) is 29.0. The molecule has 0 radical (unpaired) electrons. The van der Waals surface area contributed by atoms with E-state index in [0.29, 0.717) is 23.1 Å². The molecule has 1 saturated heterocycles. The molecule has 0 unspecified atom stereocenters. The highest BCUT2D eigenvalue weighted by Crippen LogP contribution is 2.25. The van der Waals surface area contributed by atoms with Crippen LogP contribution in [0, 0.1) is 0 Å². The predicted molar refractivity (Wildman–Crippen MR) is 116 cm³/mol. The fourth-order valence-corrected chi connectivity index (χ4v) is 4.22. The summed E-state index contributed by atoms with van der Waals surface area (Å²) in [7, 11) is 0. The number of nitrogens with one attached hydrogen (secondary N) is 1. The number of hydrogen-bond acceptors (Lipinski definition) is 5. The quantitative estimate of drug-likeness (QED) is 0.480. The van der Waals surface area contributed by atoms with Crippen molar-refractivity contribution in [2.45, 2.75) is 19.5 Å². The zero-order valence-corrected chi connectivity index (χ0v) is 16.9. The highest BCUT2D eigenvalue weighted by Gasteiger charge is 2.20. The van der Waals surface area contributed by atoms with Crippen LogP contribution in [0.3, 0.4) is 0 Å². The molecule has 1 N–H and O–H groups in total. The number of aromatic nitrogens is 5. The summed E-state index contributed by atoms with van der Waals surface area (Å²) in [5, 5.41) is 0.534. The van der Waals surface area contributed by atoms with Crippen LogP contribution in [0.25, 0.3) is 33.2 Å². The minimum absolute atomic E-state index is 0.105. The Labute approximate surface area is 173 Å². The van der Waals surface area contributed by atoms with Gasteiger partial charge in [-0.15, -0.1) is 6.58 Å². The number of benzene rings is 1. The SMILES string of the molecule is C=CCn1cnc2c(c1=O)c1nc3ccccc3nc1n2CCC[NH+]1CCOCC1. The number of aryl methyl sites for hydroxylation is 1. The molecule has 0 bridgehead atoms. The Hall–Kier alpha value is -3.10. The van der Waals surface area contributed by atoms with Crippen molar-refractivity contribution in [2.75, 3.05) is 32.8 Å². The molecule has 5 rings (SSSR count). The van der Waals surface area contributed by atoms with Crippen molar-refractivity contribution in [3.8, 4) is 0 Å². The van der Waals surface area contributed by atoms with E-state index in [9.17, 15) is 4.79 Å². The van der Waals surface area contributed by atoms with Gasteiger partial charge in [-0.05, 0) is 12.1 Å². The first-order valence-electron chi connectivity index (χ1n) is 10.4. The van der Waals surface area contributed by atoms with Crippen LogP contribution in [-0.2, 0) is 17.8 Å². The van der Waals surface area contributed by atoms with Crippen LogP contribution in [0.1, 0.15) is 6.42 Å². The van der Waals surface area contributed by atoms with Crippen molar-refractivity contribution in [1.82, 2.24) is 24.1 Å². The zero-order valence-electron chi connectivity index (χ0n) is 16.9. The number of fused-ring (bicyclic) bond motifs is 4. The van der Waals surface area contributed by atoms with E-state index in [-0.39, 0.29) is 5.56 Å². The van der Waals surface area contributed by atoms with Crippen molar-refractivity contribution in [2.24, 2.45) is 0 Å². The molecule has 0 saturated carbocycles. The fourth-order valence-electron chi connectivity index (χ4n) is 4.22. The summed E-state index contributed by atoms with van der Waals surface area (Å²) in [6.07, 6.45) is 4.26. The Balaban J connectivity index is 1.63. The summed E-state index contributed by atoms with van der Waals surface area (Å²) in [5.74, 6) is 0. The maximum Gasteiger partial charge on any atom is 0.265 e. The first kappa shape index (κ1) is 18.9. The lowest BCUT2D eigenvalue weighted by molar-refractivity contribution is -0.908. The summed E-state index contributed by atoms with van der Waals surface area (Å²) in [6.45, 7) is 9.69. The number of allylic oxidation sites excluding steroid dienone is 1. The van der Waals surface area contributed by atoms with Gasteiger partial charge in [-0.3, -0.25) is 9.36 Å². The van der Waals surface area contributed by atoms with Crippen molar-refractivity contribution < 1.29 is 9.64 Å². The minimum atomic E-state index is -0.105. The van der Waals surface area contributed by atoms with Crippen molar-refractivity contribution in [3.05, 3.63) is 53.6 Å². The largest absolute Gasteiger partial charge is 0.370 e. The Morgan fingerprint density at radius 2 is 1.90 bits per heavy atom. The second-order valence-electron chi connectivity index (χ2n) is 7.69. The van der Waals surface area contributed by atoms with Crippen molar-refractivity contribution in [3.63, 3.8) is 0 Å². The van der Waals surface area contributed by atoms with E-state index in [1.165, 1.54) is 0 Å². The lowest BCUT2D eigenvalue weighted by Gasteiger charge is -2.23. The van der Waals surface area contributed by atoms with Gasteiger partial charge in [-0.1, -0.05) is 18.2 Å². The molecule has 1 aliphatic heterocycles. The van der Waals surface area contributed by atoms with Gasteiger partial charge in [0.25, 0.3) is 5.56 Å². The lowest BCUT2D eigenvalue weighted by Crippen LogP contribution is -3.14. The van der Waals surface area contributed by atoms with E-state index >= 15 is 0 Å². The van der Waals surface area contributed by atoms with Gasteiger partial charge in [0, 0.05) is 19.5 Å². The third kappa shape index (κ3) is 3.28. The van der Waals surface area contributed by atoms with Crippen LogP contribution in [0.2, 0.25) is 0 Å². The second kappa shape index (κ2) is 7.97. The number of hydrogen-bond donors (Lipinski definition) is 1. The van der Waals surface area contributed by atoms with E-state index in [2.05, 4.69) is 16.1 Å². The summed E-state index contributed by atoms with van der Waals surface area (Å²) in [5.41, 5.74) is 3.49. The summed E-state index contributed by atoms with van der Waals surface area (Å²) >= 11 is 0. The molecule has 1 aliphatic rings. The lowest BCUT2D eigenvalue weighted by atomic mass is 10.3. The van der Waals surface area contributed by atoms with Crippen LogP contribution in [0.15, 0.2) is 48.0 Å². The van der Waals surface area contributed by atoms with E-state index in [0.717, 1.165) is 62.5 Å². The Bertz CT molecular complexity index is 1290. The van der Waals surface area contributed by atoms with Gasteiger partial charge < -0.3 is 14.2 Å². The molecular weight excluding hydrogens is 380 g/mol. The zero-order chi connectivity index (χ0) is 20.5. The molecule has 154 valence electrons. The predicted octanol–water partition coefficient (Wildman–Crippen LogP) is 0.786. The molecule has 8 nitrogen and oxygen atoms in total. The van der Waals surface area contributed by atoms with Crippen LogP contribution in [0.4, 0.5) is 0 Å². The third-order valence-electron chi connectivity index (χ3n) is 5.76. The molecule has 1 fully saturated rings. The highest BCUT2D eigenvalue weighted by atomic mass is 16.5. The van der Waals surface area contributed by atoms with Gasteiger partial charge in [0.1, 0.15) is 30.3 Å². The molecule has 0 spiro atoms. The molecule has 0 aliphatic carbocycles. The number of quaternary nitrogens is 1. The monoisotopic (exact) mass is 405 g/mol. The smallest absolute Gasteiger partial charge is 0.265 e. The fraction of sp³-hybridized carbons (Fsp3) is 0.364. The maximum atomic E-state index is 13.2. The molecule has 0 amide bonds. The molecular formula is C22H25N6O2+. The first-order chi connectivity index (χ1) is 14.8. The number of nitrogens with zero attached hydrogens (tertiary/aromatic N) is 5. The Kier molecular flexibility index (Phi) is 5.02. The van der Waals surface area contributed by atoms with Crippen LogP contribution >= 0.6 is 0 Å². The van der Waals surface area contributed by atoms with Crippen LogP contribution < -0.4 is 10.5 Å².